The summed E-state index contributed by atoms with van der Waals surface area (Å²) in [6, 6.07) is 0. The number of pyridine rings is 1. The summed E-state index contributed by atoms with van der Waals surface area (Å²) >= 11 is 0. The molecule has 2 aromatic heterocycles. The third kappa shape index (κ3) is 1.15. The van der Waals surface area contributed by atoms with Crippen LogP contribution < -0.4 is 5.46 Å². The number of esters is 1. The van der Waals surface area contributed by atoms with Crippen LogP contribution in [0.5, 0.6) is 0 Å². The molecule has 0 spiro atoms. The van der Waals surface area contributed by atoms with E-state index in [1.165, 1.54) is 19.6 Å². The average Bonchev–Trinajstić information content (AvgIpc) is 2.64. The minimum atomic E-state index is -0.501. The van der Waals surface area contributed by atoms with Gasteiger partial charge in [-0.05, 0) is 0 Å². The molecule has 0 saturated carbocycles. The van der Waals surface area contributed by atoms with Crippen molar-refractivity contribution in [2.45, 2.75) is 0 Å². The van der Waals surface area contributed by atoms with Crippen LogP contribution in [0.1, 0.15) is 10.4 Å². The number of hydrogen-bond acceptors (Lipinski definition) is 4. The molecule has 0 fully saturated rings. The molecule has 1 N–H and O–H groups in total. The maximum absolute atomic E-state index is 11.4. The Kier molecular flexibility index (Phi) is 1.96. The van der Waals surface area contributed by atoms with E-state index in [-0.39, 0.29) is 11.0 Å². The summed E-state index contributed by atoms with van der Waals surface area (Å²) in [5, 5.41) is 0. The molecule has 0 amide bonds. The van der Waals surface area contributed by atoms with E-state index in [2.05, 4.69) is 19.7 Å². The first-order valence-electron chi connectivity index (χ1n) is 3.90. The number of rotatable bonds is 1. The van der Waals surface area contributed by atoms with Gasteiger partial charge in [0.1, 0.15) is 7.85 Å². The number of nitrogens with one attached hydrogen (secondary N) is 1. The van der Waals surface area contributed by atoms with Gasteiger partial charge in [-0.1, -0.05) is 5.46 Å². The zero-order chi connectivity index (χ0) is 10.1. The molecule has 2 rings (SSSR count). The molecule has 0 aliphatic carbocycles. The fourth-order valence-electron chi connectivity index (χ4n) is 1.23. The largest absolute Gasteiger partial charge is 0.465 e. The van der Waals surface area contributed by atoms with Gasteiger partial charge in [0, 0.05) is 6.20 Å². The smallest absolute Gasteiger partial charge is 0.339 e. The second-order valence-corrected chi connectivity index (χ2v) is 2.68. The third-order valence-corrected chi connectivity index (χ3v) is 1.87. The Balaban J connectivity index is 2.76. The van der Waals surface area contributed by atoms with Crippen LogP contribution in [0.2, 0.25) is 0 Å². The Labute approximate surface area is 80.9 Å². The van der Waals surface area contributed by atoms with Gasteiger partial charge in [0.05, 0.1) is 24.5 Å². The van der Waals surface area contributed by atoms with Crippen LogP contribution in [0.3, 0.4) is 0 Å². The van der Waals surface area contributed by atoms with Gasteiger partial charge < -0.3 is 9.72 Å². The molecule has 0 aliphatic rings. The molecule has 14 heavy (non-hydrogen) atoms. The van der Waals surface area contributed by atoms with Crippen molar-refractivity contribution < 1.29 is 9.53 Å². The first-order valence-corrected chi connectivity index (χ1v) is 3.90. The summed E-state index contributed by atoms with van der Waals surface area (Å²) in [5.41, 5.74) is 1.49. The predicted octanol–water partition coefficient (Wildman–Crippen LogP) is -0.462. The molecular weight excluding hydrogens is 181 g/mol. The highest BCUT2D eigenvalue weighted by atomic mass is 16.5. The van der Waals surface area contributed by atoms with Crippen LogP contribution in [0, 0.1) is 0 Å². The van der Waals surface area contributed by atoms with E-state index in [4.69, 9.17) is 7.85 Å². The average molecular weight is 187 g/mol. The Morgan fingerprint density at radius 3 is 3.07 bits per heavy atom. The molecule has 0 atom stereocenters. The van der Waals surface area contributed by atoms with E-state index < -0.39 is 5.97 Å². The first kappa shape index (κ1) is 8.74. The van der Waals surface area contributed by atoms with E-state index in [0.717, 1.165) is 0 Å². The van der Waals surface area contributed by atoms with Gasteiger partial charge in [0.2, 0.25) is 0 Å². The zero-order valence-electron chi connectivity index (χ0n) is 7.44. The van der Waals surface area contributed by atoms with E-state index >= 15 is 0 Å². The van der Waals surface area contributed by atoms with Gasteiger partial charge in [-0.25, -0.2) is 14.8 Å². The third-order valence-electron chi connectivity index (χ3n) is 1.87. The number of methoxy groups -OCH3 is 1. The Hall–Kier alpha value is -1.85. The van der Waals surface area contributed by atoms with E-state index in [1.54, 1.807) is 0 Å². The van der Waals surface area contributed by atoms with Gasteiger partial charge in [0.25, 0.3) is 0 Å². The first-order chi connectivity index (χ1) is 6.74. The predicted molar refractivity (Wildman–Crippen MR) is 50.6 cm³/mol. The van der Waals surface area contributed by atoms with Gasteiger partial charge in [0.15, 0.2) is 5.65 Å². The van der Waals surface area contributed by atoms with E-state index in [1.807, 2.05) is 0 Å². The zero-order valence-corrected chi connectivity index (χ0v) is 7.44. The van der Waals surface area contributed by atoms with Crippen LogP contribution in [0.4, 0.5) is 0 Å². The summed E-state index contributed by atoms with van der Waals surface area (Å²) in [5.74, 6) is -0.501. The summed E-state index contributed by atoms with van der Waals surface area (Å²) < 4.78 is 4.60. The highest BCUT2D eigenvalue weighted by Crippen LogP contribution is 2.10. The highest BCUT2D eigenvalue weighted by molar-refractivity contribution is 6.37. The highest BCUT2D eigenvalue weighted by Gasteiger charge is 2.15. The van der Waals surface area contributed by atoms with Crippen LogP contribution in [0.25, 0.3) is 11.2 Å². The Morgan fingerprint density at radius 2 is 2.36 bits per heavy atom. The number of H-pyrrole nitrogens is 1. The number of ether oxygens (including phenoxy) is 1. The number of aromatic amines is 1. The molecule has 0 unspecified atom stereocenters. The number of hydrogen-bond donors (Lipinski definition) is 1. The summed E-state index contributed by atoms with van der Waals surface area (Å²) in [7, 11) is 6.91. The van der Waals surface area contributed by atoms with E-state index in [0.29, 0.717) is 11.2 Å². The lowest BCUT2D eigenvalue weighted by molar-refractivity contribution is 0.0604. The Bertz CT molecular complexity index is 494. The molecule has 0 aromatic carbocycles. The normalized spacial score (nSPS) is 10.4. The van der Waals surface area contributed by atoms with Crippen molar-refractivity contribution in [3.8, 4) is 0 Å². The standard InChI is InChI=1S/C8H6BN3O2/c1-14-8(13)5-4(9)2-10-7-6(5)11-3-12-7/h2-3H,1H3,(H,10,11,12). The summed E-state index contributed by atoms with van der Waals surface area (Å²) in [6.07, 6.45) is 2.83. The molecule has 2 heterocycles. The quantitative estimate of drug-likeness (QED) is 0.484. The van der Waals surface area contributed by atoms with Gasteiger partial charge in [-0.3, -0.25) is 0 Å². The van der Waals surface area contributed by atoms with E-state index in [9.17, 15) is 4.79 Å². The Morgan fingerprint density at radius 1 is 1.57 bits per heavy atom. The molecule has 5 nitrogen and oxygen atoms in total. The lowest BCUT2D eigenvalue weighted by Gasteiger charge is -2.03. The molecule has 2 radical (unpaired) electrons. The number of nitrogens with zero attached hydrogens (tertiary/aromatic N) is 2. The SMILES string of the molecule is [B]c1cnc2nc[nH]c2c1C(=O)OC. The summed E-state index contributed by atoms with van der Waals surface area (Å²) in [6.45, 7) is 0. The van der Waals surface area contributed by atoms with Crippen molar-refractivity contribution in [1.29, 1.82) is 0 Å². The number of carbonyl (C=O) groups is 1. The second kappa shape index (κ2) is 3.14. The fraction of sp³-hybridized carbons (Fsp3) is 0.125. The lowest BCUT2D eigenvalue weighted by Crippen LogP contribution is -2.18. The topological polar surface area (TPSA) is 67.9 Å². The molecule has 2 aromatic rings. The van der Waals surface area contributed by atoms with Crippen LogP contribution in [-0.4, -0.2) is 35.9 Å². The number of aromatic nitrogens is 3. The van der Waals surface area contributed by atoms with Crippen molar-refractivity contribution >= 4 is 30.4 Å². The number of imidazole rings is 1. The molecule has 0 aliphatic heterocycles. The van der Waals surface area contributed by atoms with Crippen LogP contribution in [0.15, 0.2) is 12.5 Å². The van der Waals surface area contributed by atoms with Crippen molar-refractivity contribution in [3.63, 3.8) is 0 Å². The van der Waals surface area contributed by atoms with Crippen molar-refractivity contribution in [3.05, 3.63) is 18.1 Å². The van der Waals surface area contributed by atoms with Gasteiger partial charge in [-0.2, -0.15) is 0 Å². The van der Waals surface area contributed by atoms with Crippen molar-refractivity contribution in [2.24, 2.45) is 0 Å². The molecule has 68 valence electrons. The maximum Gasteiger partial charge on any atom is 0.339 e. The fourth-order valence-corrected chi connectivity index (χ4v) is 1.23. The monoisotopic (exact) mass is 187 g/mol. The van der Waals surface area contributed by atoms with Gasteiger partial charge in [-0.15, -0.1) is 0 Å². The van der Waals surface area contributed by atoms with Crippen LogP contribution in [-0.2, 0) is 4.74 Å². The molecule has 0 saturated heterocycles. The maximum atomic E-state index is 11.4. The number of carbonyl (C=O) groups excluding carboxylic acids is 1. The minimum absolute atomic E-state index is 0.272. The van der Waals surface area contributed by atoms with Gasteiger partial charge >= 0.3 is 5.97 Å². The van der Waals surface area contributed by atoms with Crippen molar-refractivity contribution in [1.82, 2.24) is 15.0 Å². The molecule has 6 heteroatoms. The van der Waals surface area contributed by atoms with Crippen LogP contribution >= 0.6 is 0 Å². The molecule has 0 bridgehead atoms. The number of fused-ring (bicyclic) bond motifs is 1. The second-order valence-electron chi connectivity index (χ2n) is 2.68. The lowest BCUT2D eigenvalue weighted by atomic mass is 9.92. The molecular formula is C8H6BN3O2. The minimum Gasteiger partial charge on any atom is -0.465 e. The summed E-state index contributed by atoms with van der Waals surface area (Å²) in [4.78, 5) is 22.0. The van der Waals surface area contributed by atoms with Crippen molar-refractivity contribution in [2.75, 3.05) is 7.11 Å².